The highest BCUT2D eigenvalue weighted by atomic mass is 16.5. The number of imidazole rings is 1. The third-order valence-electron chi connectivity index (χ3n) is 3.91. The summed E-state index contributed by atoms with van der Waals surface area (Å²) in [6.07, 6.45) is 6.67. The highest BCUT2D eigenvalue weighted by molar-refractivity contribution is 5.75. The van der Waals surface area contributed by atoms with Crippen molar-refractivity contribution in [1.29, 1.82) is 0 Å². The minimum atomic E-state index is -0.744. The summed E-state index contributed by atoms with van der Waals surface area (Å²) in [7, 11) is 0. The lowest BCUT2D eigenvalue weighted by Gasteiger charge is -2.27. The van der Waals surface area contributed by atoms with E-state index in [2.05, 4.69) is 9.55 Å². The van der Waals surface area contributed by atoms with Crippen molar-refractivity contribution >= 4 is 5.97 Å². The largest absolute Gasteiger partial charge is 0.481 e. The van der Waals surface area contributed by atoms with E-state index in [1.807, 2.05) is 0 Å². The molecular formula is C13H18N2O3. The van der Waals surface area contributed by atoms with Crippen molar-refractivity contribution < 1.29 is 14.6 Å². The molecule has 5 heteroatoms. The molecule has 0 aliphatic carbocycles. The van der Waals surface area contributed by atoms with Crippen LogP contribution < -0.4 is 0 Å². The van der Waals surface area contributed by atoms with E-state index < -0.39 is 11.9 Å². The van der Waals surface area contributed by atoms with Crippen LogP contribution in [0.5, 0.6) is 0 Å². The van der Waals surface area contributed by atoms with E-state index in [-0.39, 0.29) is 6.10 Å². The minimum Gasteiger partial charge on any atom is -0.481 e. The van der Waals surface area contributed by atoms with Gasteiger partial charge in [0.25, 0.3) is 0 Å². The molecule has 0 amide bonds. The van der Waals surface area contributed by atoms with Gasteiger partial charge in [-0.1, -0.05) is 0 Å². The predicted molar refractivity (Wildman–Crippen MR) is 64.4 cm³/mol. The lowest BCUT2D eigenvalue weighted by atomic mass is 9.96. The van der Waals surface area contributed by atoms with Crippen molar-refractivity contribution in [3.63, 3.8) is 0 Å². The summed E-state index contributed by atoms with van der Waals surface area (Å²) in [5.74, 6) is -0.216. The summed E-state index contributed by atoms with van der Waals surface area (Å²) in [5, 5.41) is 9.23. The fourth-order valence-electron chi connectivity index (χ4n) is 2.98. The second-order valence-corrected chi connectivity index (χ2v) is 5.08. The van der Waals surface area contributed by atoms with Crippen LogP contribution in [-0.2, 0) is 16.1 Å². The molecule has 2 atom stereocenters. The Balaban J connectivity index is 1.91. The molecule has 1 saturated heterocycles. The Hall–Kier alpha value is -1.36. The van der Waals surface area contributed by atoms with Crippen LogP contribution in [0, 0.1) is 0 Å². The van der Waals surface area contributed by atoms with Crippen LogP contribution in [0.3, 0.4) is 0 Å². The molecule has 2 aliphatic heterocycles. The standard InChI is InChI=1S/C13H18N2O3/c16-13(17)9-4-3-6-15-10(9)8-14-12(15)11-5-1-2-7-18-11/h8-9,11H,1-7H2,(H,16,17). The van der Waals surface area contributed by atoms with Crippen molar-refractivity contribution in [1.82, 2.24) is 9.55 Å². The van der Waals surface area contributed by atoms with Crippen LogP contribution in [0.25, 0.3) is 0 Å². The van der Waals surface area contributed by atoms with Gasteiger partial charge in [0.2, 0.25) is 0 Å². The quantitative estimate of drug-likeness (QED) is 0.872. The van der Waals surface area contributed by atoms with Gasteiger partial charge in [0.1, 0.15) is 11.9 Å². The fraction of sp³-hybridized carbons (Fsp3) is 0.692. The first-order valence-corrected chi connectivity index (χ1v) is 6.67. The van der Waals surface area contributed by atoms with Gasteiger partial charge in [-0.3, -0.25) is 4.79 Å². The average Bonchev–Trinajstić information content (AvgIpc) is 2.83. The van der Waals surface area contributed by atoms with E-state index in [0.29, 0.717) is 6.42 Å². The first-order valence-electron chi connectivity index (χ1n) is 6.67. The van der Waals surface area contributed by atoms with Crippen molar-refractivity contribution in [2.24, 2.45) is 0 Å². The summed E-state index contributed by atoms with van der Waals surface area (Å²) < 4.78 is 7.82. The van der Waals surface area contributed by atoms with E-state index in [1.165, 1.54) is 0 Å². The molecule has 2 aliphatic rings. The topological polar surface area (TPSA) is 64.3 Å². The van der Waals surface area contributed by atoms with Gasteiger partial charge < -0.3 is 14.4 Å². The average molecular weight is 250 g/mol. The number of fused-ring (bicyclic) bond motifs is 1. The lowest BCUT2D eigenvalue weighted by Crippen LogP contribution is -2.24. The number of ether oxygens (including phenoxy) is 1. The Morgan fingerprint density at radius 1 is 1.39 bits per heavy atom. The van der Waals surface area contributed by atoms with Gasteiger partial charge in [-0.05, 0) is 32.1 Å². The van der Waals surface area contributed by atoms with Crippen molar-refractivity contribution in [2.45, 2.75) is 50.7 Å². The molecule has 3 heterocycles. The fourth-order valence-corrected chi connectivity index (χ4v) is 2.98. The molecule has 2 unspecified atom stereocenters. The second kappa shape index (κ2) is 4.72. The Kier molecular flexibility index (Phi) is 3.07. The van der Waals surface area contributed by atoms with Crippen molar-refractivity contribution in [2.75, 3.05) is 6.61 Å². The monoisotopic (exact) mass is 250 g/mol. The number of aliphatic carboxylic acids is 1. The summed E-state index contributed by atoms with van der Waals surface area (Å²) >= 11 is 0. The number of carbonyl (C=O) groups is 1. The zero-order valence-electron chi connectivity index (χ0n) is 10.3. The number of rotatable bonds is 2. The molecule has 5 nitrogen and oxygen atoms in total. The molecule has 0 bridgehead atoms. The van der Waals surface area contributed by atoms with Gasteiger partial charge in [-0.15, -0.1) is 0 Å². The van der Waals surface area contributed by atoms with Crippen LogP contribution in [0.1, 0.15) is 55.6 Å². The van der Waals surface area contributed by atoms with Crippen LogP contribution in [0.15, 0.2) is 6.20 Å². The maximum Gasteiger partial charge on any atom is 0.312 e. The Labute approximate surface area is 106 Å². The van der Waals surface area contributed by atoms with Crippen molar-refractivity contribution in [3.05, 3.63) is 17.7 Å². The molecule has 1 N–H and O–H groups in total. The van der Waals surface area contributed by atoms with E-state index in [1.54, 1.807) is 6.20 Å². The van der Waals surface area contributed by atoms with Gasteiger partial charge in [0.15, 0.2) is 0 Å². The predicted octanol–water partition coefficient (Wildman–Crippen LogP) is 2.09. The van der Waals surface area contributed by atoms with Gasteiger partial charge in [-0.2, -0.15) is 0 Å². The van der Waals surface area contributed by atoms with Gasteiger partial charge in [-0.25, -0.2) is 4.98 Å². The van der Waals surface area contributed by atoms with E-state index in [0.717, 1.165) is 50.4 Å². The molecule has 0 radical (unpaired) electrons. The molecule has 0 saturated carbocycles. The molecule has 0 spiro atoms. The zero-order valence-corrected chi connectivity index (χ0v) is 10.3. The maximum atomic E-state index is 11.2. The summed E-state index contributed by atoms with van der Waals surface area (Å²) in [5.41, 5.74) is 0.845. The van der Waals surface area contributed by atoms with Gasteiger partial charge >= 0.3 is 5.97 Å². The summed E-state index contributed by atoms with van der Waals surface area (Å²) in [6, 6.07) is 0. The summed E-state index contributed by atoms with van der Waals surface area (Å²) in [4.78, 5) is 15.7. The number of carboxylic acids is 1. The van der Waals surface area contributed by atoms with Crippen LogP contribution in [0.2, 0.25) is 0 Å². The van der Waals surface area contributed by atoms with Crippen LogP contribution in [0.4, 0.5) is 0 Å². The Morgan fingerprint density at radius 3 is 3.00 bits per heavy atom. The molecule has 3 rings (SSSR count). The maximum absolute atomic E-state index is 11.2. The molecule has 18 heavy (non-hydrogen) atoms. The first kappa shape index (κ1) is 11.7. The van der Waals surface area contributed by atoms with E-state index in [9.17, 15) is 9.90 Å². The third kappa shape index (κ3) is 1.92. The molecule has 98 valence electrons. The highest BCUT2D eigenvalue weighted by Crippen LogP contribution is 2.33. The SMILES string of the molecule is O=C(O)C1CCCn2c1cnc2C1CCCCO1. The second-order valence-electron chi connectivity index (χ2n) is 5.08. The minimum absolute atomic E-state index is 0.0556. The zero-order chi connectivity index (χ0) is 12.5. The van der Waals surface area contributed by atoms with Gasteiger partial charge in [0, 0.05) is 19.3 Å². The van der Waals surface area contributed by atoms with E-state index in [4.69, 9.17) is 4.74 Å². The third-order valence-corrected chi connectivity index (χ3v) is 3.91. The molecule has 1 aromatic rings. The number of hydrogen-bond donors (Lipinski definition) is 1. The number of hydrogen-bond acceptors (Lipinski definition) is 3. The smallest absolute Gasteiger partial charge is 0.312 e. The number of nitrogens with zero attached hydrogens (tertiary/aromatic N) is 2. The van der Waals surface area contributed by atoms with Crippen molar-refractivity contribution in [3.8, 4) is 0 Å². The lowest BCUT2D eigenvalue weighted by molar-refractivity contribution is -0.139. The molecule has 1 fully saturated rings. The first-order chi connectivity index (χ1) is 8.77. The van der Waals surface area contributed by atoms with E-state index >= 15 is 0 Å². The highest BCUT2D eigenvalue weighted by Gasteiger charge is 2.31. The van der Waals surface area contributed by atoms with Crippen LogP contribution >= 0.6 is 0 Å². The molecule has 0 aromatic carbocycles. The normalized spacial score (nSPS) is 27.8. The Morgan fingerprint density at radius 2 is 2.28 bits per heavy atom. The van der Waals surface area contributed by atoms with Gasteiger partial charge in [0.05, 0.1) is 11.6 Å². The molecule has 1 aromatic heterocycles. The Bertz CT molecular complexity index is 449. The van der Waals surface area contributed by atoms with Crippen LogP contribution in [-0.4, -0.2) is 27.2 Å². The molecular weight excluding hydrogens is 232 g/mol. The summed E-state index contributed by atoms with van der Waals surface area (Å²) in [6.45, 7) is 1.66. The number of aromatic nitrogens is 2. The number of carboxylic acid groups (broad SMARTS) is 1.